The van der Waals surface area contributed by atoms with Crippen molar-refractivity contribution in [3.8, 4) is 28.6 Å². The van der Waals surface area contributed by atoms with Crippen LogP contribution < -0.4 is 5.32 Å². The molecule has 5 rings (SSSR count). The van der Waals surface area contributed by atoms with Gasteiger partial charge in [0.15, 0.2) is 5.82 Å². The molecule has 0 fully saturated rings. The maximum absolute atomic E-state index is 9.04. The minimum absolute atomic E-state index is 0.356. The van der Waals surface area contributed by atoms with Crippen LogP contribution in [0.15, 0.2) is 91.3 Å². The highest BCUT2D eigenvalue weighted by molar-refractivity contribution is 6.02. The summed E-state index contributed by atoms with van der Waals surface area (Å²) in [6, 6.07) is 27.6. The van der Waals surface area contributed by atoms with Crippen molar-refractivity contribution < 1.29 is 0 Å². The number of hydrogen-bond acceptors (Lipinski definition) is 6. The van der Waals surface area contributed by atoms with E-state index in [1.54, 1.807) is 18.5 Å². The Hall–Kier alpha value is -4.63. The zero-order valence-corrected chi connectivity index (χ0v) is 17.1. The Morgan fingerprint density at radius 2 is 1.66 bits per heavy atom. The van der Waals surface area contributed by atoms with Crippen molar-refractivity contribution in [1.29, 1.82) is 5.26 Å². The summed E-state index contributed by atoms with van der Waals surface area (Å²) in [6.45, 7) is 0.529. The van der Waals surface area contributed by atoms with Gasteiger partial charge in [-0.1, -0.05) is 48.5 Å². The van der Waals surface area contributed by atoms with Crippen molar-refractivity contribution >= 4 is 16.7 Å². The first-order valence-electron chi connectivity index (χ1n) is 10.2. The first-order valence-corrected chi connectivity index (χ1v) is 10.2. The molecular formula is C26H18N6. The van der Waals surface area contributed by atoms with Gasteiger partial charge in [0.25, 0.3) is 0 Å². The van der Waals surface area contributed by atoms with Crippen LogP contribution in [0.3, 0.4) is 0 Å². The third-order valence-corrected chi connectivity index (χ3v) is 5.11. The monoisotopic (exact) mass is 414 g/mol. The highest BCUT2D eigenvalue weighted by Crippen LogP contribution is 2.34. The highest BCUT2D eigenvalue weighted by Gasteiger charge is 2.14. The van der Waals surface area contributed by atoms with Crippen molar-refractivity contribution in [3.63, 3.8) is 0 Å². The van der Waals surface area contributed by atoms with E-state index in [1.165, 1.54) is 0 Å². The van der Waals surface area contributed by atoms with E-state index in [4.69, 9.17) is 15.2 Å². The SMILES string of the molecule is N#Cc1ccc(-c2nc(NCc3ccccn3)c3c(-c4ccccc4)cccc3n2)cn1. The van der Waals surface area contributed by atoms with Crippen molar-refractivity contribution in [2.45, 2.75) is 6.54 Å². The summed E-state index contributed by atoms with van der Waals surface area (Å²) >= 11 is 0. The van der Waals surface area contributed by atoms with E-state index in [0.717, 1.165) is 39.1 Å². The average molecular weight is 414 g/mol. The minimum atomic E-state index is 0.356. The van der Waals surface area contributed by atoms with E-state index < -0.39 is 0 Å². The maximum Gasteiger partial charge on any atom is 0.163 e. The van der Waals surface area contributed by atoms with Crippen LogP contribution in [-0.4, -0.2) is 19.9 Å². The molecule has 0 aliphatic rings. The zero-order chi connectivity index (χ0) is 21.8. The van der Waals surface area contributed by atoms with Crippen LogP contribution in [-0.2, 0) is 6.54 Å². The maximum atomic E-state index is 9.04. The quantitative estimate of drug-likeness (QED) is 0.423. The molecule has 3 aromatic heterocycles. The van der Waals surface area contributed by atoms with Crippen molar-refractivity contribution in [2.75, 3.05) is 5.32 Å². The van der Waals surface area contributed by atoms with E-state index in [-0.39, 0.29) is 0 Å². The second-order valence-corrected chi connectivity index (χ2v) is 7.18. The molecule has 0 saturated carbocycles. The molecule has 0 saturated heterocycles. The summed E-state index contributed by atoms with van der Waals surface area (Å²) in [5, 5.41) is 13.4. The fraction of sp³-hybridized carbons (Fsp3) is 0.0385. The van der Waals surface area contributed by atoms with Gasteiger partial charge in [0.05, 0.1) is 23.1 Å². The van der Waals surface area contributed by atoms with Gasteiger partial charge in [-0.25, -0.2) is 15.0 Å². The fourth-order valence-corrected chi connectivity index (χ4v) is 3.57. The predicted octanol–water partition coefficient (Wildman–Crippen LogP) is 5.24. The standard InChI is InChI=1S/C26H18N6/c27-15-20-13-12-19(16-29-20)25-31-23-11-6-10-22(18-7-2-1-3-8-18)24(23)26(32-25)30-17-21-9-4-5-14-28-21/h1-14,16H,17H2,(H,30,31,32). The van der Waals surface area contributed by atoms with Gasteiger partial charge in [-0.05, 0) is 41.5 Å². The van der Waals surface area contributed by atoms with Gasteiger partial charge in [-0.15, -0.1) is 0 Å². The molecule has 152 valence electrons. The van der Waals surface area contributed by atoms with Crippen molar-refractivity contribution in [2.24, 2.45) is 0 Å². The lowest BCUT2D eigenvalue weighted by atomic mass is 10.0. The number of rotatable bonds is 5. The van der Waals surface area contributed by atoms with E-state index in [0.29, 0.717) is 18.1 Å². The second-order valence-electron chi connectivity index (χ2n) is 7.18. The second kappa shape index (κ2) is 8.62. The summed E-state index contributed by atoms with van der Waals surface area (Å²) in [6.07, 6.45) is 3.40. The summed E-state index contributed by atoms with van der Waals surface area (Å²) in [5.74, 6) is 1.27. The lowest BCUT2D eigenvalue weighted by Crippen LogP contribution is -2.06. The first kappa shape index (κ1) is 19.3. The van der Waals surface area contributed by atoms with Crippen LogP contribution in [0.2, 0.25) is 0 Å². The van der Waals surface area contributed by atoms with E-state index in [1.807, 2.05) is 60.7 Å². The number of anilines is 1. The molecule has 0 radical (unpaired) electrons. The van der Waals surface area contributed by atoms with Gasteiger partial charge >= 0.3 is 0 Å². The Bertz CT molecular complexity index is 1410. The van der Waals surface area contributed by atoms with Gasteiger partial charge < -0.3 is 5.32 Å². The molecule has 32 heavy (non-hydrogen) atoms. The molecule has 0 atom stereocenters. The number of nitrogens with zero attached hydrogens (tertiary/aromatic N) is 5. The first-order chi connectivity index (χ1) is 15.8. The number of fused-ring (bicyclic) bond motifs is 1. The molecule has 0 spiro atoms. The molecular weight excluding hydrogens is 396 g/mol. The number of nitrogens with one attached hydrogen (secondary N) is 1. The lowest BCUT2D eigenvalue weighted by molar-refractivity contribution is 1.03. The van der Waals surface area contributed by atoms with Crippen LogP contribution in [0, 0.1) is 11.3 Å². The lowest BCUT2D eigenvalue weighted by Gasteiger charge is -2.14. The molecule has 0 bridgehead atoms. The molecule has 5 aromatic rings. The normalized spacial score (nSPS) is 10.6. The van der Waals surface area contributed by atoms with Crippen LogP contribution in [0.25, 0.3) is 33.4 Å². The molecule has 6 nitrogen and oxygen atoms in total. The number of pyridine rings is 2. The molecule has 3 heterocycles. The third kappa shape index (κ3) is 3.87. The molecule has 0 unspecified atom stereocenters. The molecule has 2 aromatic carbocycles. The smallest absolute Gasteiger partial charge is 0.163 e. The number of aromatic nitrogens is 4. The van der Waals surface area contributed by atoms with Crippen molar-refractivity contribution in [1.82, 2.24) is 19.9 Å². The number of hydrogen-bond donors (Lipinski definition) is 1. The van der Waals surface area contributed by atoms with Crippen LogP contribution in [0.4, 0.5) is 5.82 Å². The summed E-state index contributed by atoms with van der Waals surface area (Å²) < 4.78 is 0. The molecule has 0 aliphatic carbocycles. The van der Waals surface area contributed by atoms with Gasteiger partial charge in [-0.2, -0.15) is 5.26 Å². The Balaban J connectivity index is 1.67. The molecule has 6 heteroatoms. The Labute approximate surface area is 185 Å². The fourth-order valence-electron chi connectivity index (χ4n) is 3.57. The van der Waals surface area contributed by atoms with Crippen LogP contribution in [0.1, 0.15) is 11.4 Å². The Morgan fingerprint density at radius 3 is 2.41 bits per heavy atom. The largest absolute Gasteiger partial charge is 0.364 e. The van der Waals surface area contributed by atoms with Gasteiger partial charge in [0, 0.05) is 18.0 Å². The molecule has 0 aliphatic heterocycles. The zero-order valence-electron chi connectivity index (χ0n) is 17.1. The number of nitriles is 1. The Kier molecular flexibility index (Phi) is 5.21. The van der Waals surface area contributed by atoms with E-state index in [2.05, 4.69) is 33.5 Å². The van der Waals surface area contributed by atoms with Gasteiger partial charge in [-0.3, -0.25) is 4.98 Å². The number of benzene rings is 2. The summed E-state index contributed by atoms with van der Waals surface area (Å²) in [4.78, 5) is 18.2. The van der Waals surface area contributed by atoms with Crippen LogP contribution >= 0.6 is 0 Å². The highest BCUT2D eigenvalue weighted by atomic mass is 15.0. The van der Waals surface area contributed by atoms with Gasteiger partial charge in [0.2, 0.25) is 0 Å². The molecule has 0 amide bonds. The summed E-state index contributed by atoms with van der Waals surface area (Å²) in [7, 11) is 0. The minimum Gasteiger partial charge on any atom is -0.364 e. The Morgan fingerprint density at radius 1 is 0.781 bits per heavy atom. The van der Waals surface area contributed by atoms with E-state index in [9.17, 15) is 0 Å². The van der Waals surface area contributed by atoms with Crippen LogP contribution in [0.5, 0.6) is 0 Å². The molecule has 1 N–H and O–H groups in total. The third-order valence-electron chi connectivity index (χ3n) is 5.11. The van der Waals surface area contributed by atoms with Gasteiger partial charge in [0.1, 0.15) is 17.6 Å². The van der Waals surface area contributed by atoms with Crippen molar-refractivity contribution in [3.05, 3.63) is 103 Å². The average Bonchev–Trinajstić information content (AvgIpc) is 2.88. The topological polar surface area (TPSA) is 87.4 Å². The predicted molar refractivity (Wildman–Crippen MR) is 124 cm³/mol. The van der Waals surface area contributed by atoms with E-state index >= 15 is 0 Å². The summed E-state index contributed by atoms with van der Waals surface area (Å²) in [5.41, 5.74) is 4.99.